The summed E-state index contributed by atoms with van der Waals surface area (Å²) in [5.74, 6) is 0.533. The van der Waals surface area contributed by atoms with Crippen molar-refractivity contribution in [2.45, 2.75) is 19.4 Å². The van der Waals surface area contributed by atoms with Crippen LogP contribution in [0.25, 0.3) is 0 Å². The normalized spacial score (nSPS) is 23.9. The molecule has 0 amide bonds. The Morgan fingerprint density at radius 2 is 2.33 bits per heavy atom. The molecule has 1 atom stereocenters. The molecule has 0 spiro atoms. The molecule has 1 aliphatic rings. The number of nitrogens with zero attached hydrogens (tertiary/aromatic N) is 1. The topological polar surface area (TPSA) is 59.1 Å². The Morgan fingerprint density at radius 3 is 2.93 bits per heavy atom. The van der Waals surface area contributed by atoms with Crippen LogP contribution in [0.15, 0.2) is 18.5 Å². The maximum Gasteiger partial charge on any atom is 0.152 e. The number of hydrogen-bond donors (Lipinski definition) is 1. The Balaban J connectivity index is 2.08. The van der Waals surface area contributed by atoms with Gasteiger partial charge in [0.2, 0.25) is 0 Å². The van der Waals surface area contributed by atoms with E-state index in [1.54, 1.807) is 12.4 Å². The minimum absolute atomic E-state index is 0.0397. The fourth-order valence-electron chi connectivity index (χ4n) is 1.74. The summed E-state index contributed by atoms with van der Waals surface area (Å²) in [7, 11) is -2.81. The van der Waals surface area contributed by atoms with Crippen molar-refractivity contribution in [1.82, 2.24) is 4.98 Å². The van der Waals surface area contributed by atoms with Crippen molar-refractivity contribution in [3.05, 3.63) is 24.0 Å². The van der Waals surface area contributed by atoms with E-state index in [0.717, 1.165) is 11.3 Å². The largest absolute Gasteiger partial charge is 0.380 e. The van der Waals surface area contributed by atoms with Crippen LogP contribution in [0, 0.1) is 6.92 Å². The first kappa shape index (κ1) is 10.4. The van der Waals surface area contributed by atoms with E-state index in [0.29, 0.717) is 12.2 Å². The third-order valence-electron chi connectivity index (χ3n) is 2.63. The van der Waals surface area contributed by atoms with Crippen molar-refractivity contribution in [3.8, 4) is 0 Å². The second kappa shape index (κ2) is 3.81. The summed E-state index contributed by atoms with van der Waals surface area (Å²) < 4.78 is 22.5. The zero-order valence-corrected chi connectivity index (χ0v) is 9.42. The number of aromatic nitrogens is 1. The van der Waals surface area contributed by atoms with Gasteiger partial charge in [0.15, 0.2) is 9.84 Å². The first-order chi connectivity index (χ1) is 7.07. The lowest BCUT2D eigenvalue weighted by Crippen LogP contribution is -2.21. The summed E-state index contributed by atoms with van der Waals surface area (Å²) >= 11 is 0. The van der Waals surface area contributed by atoms with Crippen LogP contribution in [0.5, 0.6) is 0 Å². The molecule has 0 aliphatic carbocycles. The standard InChI is InChI=1S/C10H14N2O2S/c1-8-2-4-11-6-10(8)12-9-3-5-15(13,14)7-9/h2,4,6,9,12H,3,5,7H2,1H3. The molecular formula is C10H14N2O2S. The highest BCUT2D eigenvalue weighted by Gasteiger charge is 2.27. The average molecular weight is 226 g/mol. The zero-order chi connectivity index (χ0) is 10.9. The average Bonchev–Trinajstić information content (AvgIpc) is 2.50. The van der Waals surface area contributed by atoms with Gasteiger partial charge in [0, 0.05) is 12.2 Å². The number of hydrogen-bond acceptors (Lipinski definition) is 4. The van der Waals surface area contributed by atoms with Gasteiger partial charge in [-0.25, -0.2) is 8.42 Å². The van der Waals surface area contributed by atoms with Gasteiger partial charge in [0.05, 0.1) is 23.4 Å². The van der Waals surface area contributed by atoms with Crippen LogP contribution in [-0.2, 0) is 9.84 Å². The molecule has 1 fully saturated rings. The molecule has 0 radical (unpaired) electrons. The highest BCUT2D eigenvalue weighted by Crippen LogP contribution is 2.19. The quantitative estimate of drug-likeness (QED) is 0.817. The maximum atomic E-state index is 11.3. The van der Waals surface area contributed by atoms with Crippen molar-refractivity contribution >= 4 is 15.5 Å². The van der Waals surface area contributed by atoms with Crippen LogP contribution < -0.4 is 5.32 Å². The van der Waals surface area contributed by atoms with Crippen molar-refractivity contribution < 1.29 is 8.42 Å². The number of nitrogens with one attached hydrogen (secondary N) is 1. The first-order valence-electron chi connectivity index (χ1n) is 4.94. The van der Waals surface area contributed by atoms with Gasteiger partial charge in [0.25, 0.3) is 0 Å². The van der Waals surface area contributed by atoms with Gasteiger partial charge in [-0.1, -0.05) is 0 Å². The van der Waals surface area contributed by atoms with Crippen molar-refractivity contribution in [2.24, 2.45) is 0 Å². The van der Waals surface area contributed by atoms with E-state index < -0.39 is 9.84 Å². The molecule has 4 nitrogen and oxygen atoms in total. The van der Waals surface area contributed by atoms with E-state index in [1.165, 1.54) is 0 Å². The van der Waals surface area contributed by atoms with E-state index in [9.17, 15) is 8.42 Å². The van der Waals surface area contributed by atoms with Gasteiger partial charge >= 0.3 is 0 Å². The summed E-state index contributed by atoms with van der Waals surface area (Å²) in [6, 6.07) is 1.95. The van der Waals surface area contributed by atoms with Gasteiger partial charge in [-0.05, 0) is 25.0 Å². The predicted octanol–water partition coefficient (Wildman–Crippen LogP) is 0.989. The molecule has 1 N–H and O–H groups in total. The van der Waals surface area contributed by atoms with Crippen LogP contribution in [0.2, 0.25) is 0 Å². The molecule has 0 bridgehead atoms. The fourth-order valence-corrected chi connectivity index (χ4v) is 3.42. The summed E-state index contributed by atoms with van der Waals surface area (Å²) in [5.41, 5.74) is 2.02. The SMILES string of the molecule is Cc1ccncc1NC1CCS(=O)(=O)C1. The molecule has 82 valence electrons. The monoisotopic (exact) mass is 226 g/mol. The van der Waals surface area contributed by atoms with Crippen LogP contribution in [-0.4, -0.2) is 30.9 Å². The lowest BCUT2D eigenvalue weighted by Gasteiger charge is -2.13. The molecule has 1 saturated heterocycles. The Morgan fingerprint density at radius 1 is 1.53 bits per heavy atom. The highest BCUT2D eigenvalue weighted by molar-refractivity contribution is 7.91. The molecule has 15 heavy (non-hydrogen) atoms. The van der Waals surface area contributed by atoms with E-state index >= 15 is 0 Å². The van der Waals surface area contributed by atoms with Crippen molar-refractivity contribution in [2.75, 3.05) is 16.8 Å². The zero-order valence-electron chi connectivity index (χ0n) is 8.60. The molecule has 2 rings (SSSR count). The number of sulfone groups is 1. The molecule has 5 heteroatoms. The molecule has 1 unspecified atom stereocenters. The highest BCUT2D eigenvalue weighted by atomic mass is 32.2. The van der Waals surface area contributed by atoms with Crippen molar-refractivity contribution in [3.63, 3.8) is 0 Å². The number of anilines is 1. The minimum atomic E-state index is -2.81. The van der Waals surface area contributed by atoms with Crippen molar-refractivity contribution in [1.29, 1.82) is 0 Å². The summed E-state index contributed by atoms with van der Waals surface area (Å²) in [4.78, 5) is 4.01. The molecule has 2 heterocycles. The summed E-state index contributed by atoms with van der Waals surface area (Å²) in [6.07, 6.45) is 4.16. The van der Waals surface area contributed by atoms with Gasteiger partial charge in [-0.15, -0.1) is 0 Å². The lowest BCUT2D eigenvalue weighted by molar-refractivity contribution is 0.602. The lowest BCUT2D eigenvalue weighted by atomic mass is 10.2. The predicted molar refractivity (Wildman–Crippen MR) is 59.7 cm³/mol. The van der Waals surface area contributed by atoms with Gasteiger partial charge in [0.1, 0.15) is 0 Å². The van der Waals surface area contributed by atoms with Gasteiger partial charge in [-0.2, -0.15) is 0 Å². The Labute approximate surface area is 89.6 Å². The summed E-state index contributed by atoms with van der Waals surface area (Å²) in [6.45, 7) is 1.98. The number of aryl methyl sites for hydroxylation is 1. The summed E-state index contributed by atoms with van der Waals surface area (Å²) in [5, 5.41) is 3.22. The number of pyridine rings is 1. The first-order valence-corrected chi connectivity index (χ1v) is 6.76. The van der Waals surface area contributed by atoms with Crippen LogP contribution >= 0.6 is 0 Å². The Bertz CT molecular complexity index is 456. The van der Waals surface area contributed by atoms with Crippen LogP contribution in [0.4, 0.5) is 5.69 Å². The second-order valence-electron chi connectivity index (χ2n) is 3.93. The minimum Gasteiger partial charge on any atom is -0.380 e. The van der Waals surface area contributed by atoms with Crippen LogP contribution in [0.3, 0.4) is 0 Å². The molecule has 1 aliphatic heterocycles. The molecule has 1 aromatic rings. The third-order valence-corrected chi connectivity index (χ3v) is 4.40. The third kappa shape index (κ3) is 2.47. The molecular weight excluding hydrogens is 212 g/mol. The molecule has 0 aromatic carbocycles. The number of rotatable bonds is 2. The molecule has 1 aromatic heterocycles. The smallest absolute Gasteiger partial charge is 0.152 e. The fraction of sp³-hybridized carbons (Fsp3) is 0.500. The van der Waals surface area contributed by atoms with E-state index in [2.05, 4.69) is 10.3 Å². The van der Waals surface area contributed by atoms with Gasteiger partial charge in [-0.3, -0.25) is 4.98 Å². The Hall–Kier alpha value is -1.10. The van der Waals surface area contributed by atoms with E-state index in [-0.39, 0.29) is 11.8 Å². The second-order valence-corrected chi connectivity index (χ2v) is 6.16. The van der Waals surface area contributed by atoms with Gasteiger partial charge < -0.3 is 5.32 Å². The van der Waals surface area contributed by atoms with Crippen LogP contribution in [0.1, 0.15) is 12.0 Å². The maximum absolute atomic E-state index is 11.3. The van der Waals surface area contributed by atoms with E-state index in [1.807, 2.05) is 13.0 Å². The van der Waals surface area contributed by atoms with E-state index in [4.69, 9.17) is 0 Å². The Kier molecular flexibility index (Phi) is 2.65. The molecule has 0 saturated carbocycles.